The summed E-state index contributed by atoms with van der Waals surface area (Å²) < 4.78 is 12.5. The molecule has 47 heavy (non-hydrogen) atoms. The van der Waals surface area contributed by atoms with E-state index >= 15 is 0 Å². The molecule has 0 atom stereocenters. The van der Waals surface area contributed by atoms with Crippen LogP contribution in [0.15, 0.2) is 180 Å². The number of benzene rings is 5. The van der Waals surface area contributed by atoms with Crippen molar-refractivity contribution in [2.24, 2.45) is 4.99 Å². The van der Waals surface area contributed by atoms with E-state index in [1.807, 2.05) is 86.0 Å². The van der Waals surface area contributed by atoms with Gasteiger partial charge in [-0.2, -0.15) is 0 Å². The molecule has 1 aromatic heterocycles. The second-order valence-electron chi connectivity index (χ2n) is 11.6. The molecule has 0 radical (unpaired) electrons. The first kappa shape index (κ1) is 29.8. The number of hydrogen-bond donors (Lipinski definition) is 0. The van der Waals surface area contributed by atoms with Crippen molar-refractivity contribution in [2.75, 3.05) is 0 Å². The van der Waals surface area contributed by atoms with Crippen molar-refractivity contribution in [3.8, 4) is 5.75 Å². The normalized spacial score (nSPS) is 15.6. The zero-order valence-corrected chi connectivity index (χ0v) is 26.4. The first-order chi connectivity index (χ1) is 23.2. The minimum absolute atomic E-state index is 0.817. The summed E-state index contributed by atoms with van der Waals surface area (Å²) in [4.78, 5) is 5.05. The first-order valence-electron chi connectivity index (χ1n) is 16.0. The third-order valence-corrected chi connectivity index (χ3v) is 8.38. The molecule has 0 spiro atoms. The zero-order chi connectivity index (χ0) is 32.0. The number of aryl methyl sites for hydroxylation is 1. The molecule has 0 amide bonds. The molecular weight excluding hydrogens is 574 g/mol. The van der Waals surface area contributed by atoms with Crippen LogP contribution in [-0.4, -0.2) is 5.71 Å². The van der Waals surface area contributed by atoms with Gasteiger partial charge in [-0.3, -0.25) is 0 Å². The molecule has 0 saturated carbocycles. The van der Waals surface area contributed by atoms with Crippen LogP contribution in [0.25, 0.3) is 33.1 Å². The van der Waals surface area contributed by atoms with Crippen molar-refractivity contribution in [1.82, 2.24) is 0 Å². The Bertz CT molecular complexity index is 2230. The molecular formula is C44H35NO2. The topological polar surface area (TPSA) is 34.7 Å². The van der Waals surface area contributed by atoms with Crippen LogP contribution in [0.5, 0.6) is 5.75 Å². The van der Waals surface area contributed by atoms with Gasteiger partial charge in [0.15, 0.2) is 0 Å². The van der Waals surface area contributed by atoms with E-state index in [2.05, 4.69) is 85.5 Å². The fraction of sp³-hybridized carbons (Fsp3) is 0.0682. The number of furan rings is 1. The third kappa shape index (κ3) is 6.56. The molecule has 3 heteroatoms. The molecule has 0 saturated heterocycles. The van der Waals surface area contributed by atoms with Crippen molar-refractivity contribution in [1.29, 1.82) is 0 Å². The van der Waals surface area contributed by atoms with Gasteiger partial charge in [-0.05, 0) is 90.1 Å². The van der Waals surface area contributed by atoms with Gasteiger partial charge < -0.3 is 9.15 Å². The Morgan fingerprint density at radius 3 is 2.36 bits per heavy atom. The van der Waals surface area contributed by atoms with E-state index in [4.69, 9.17) is 14.1 Å². The lowest BCUT2D eigenvalue weighted by Gasteiger charge is -2.13. The molecule has 0 unspecified atom stereocenters. The van der Waals surface area contributed by atoms with Crippen LogP contribution < -0.4 is 4.74 Å². The van der Waals surface area contributed by atoms with E-state index in [0.29, 0.717) is 0 Å². The van der Waals surface area contributed by atoms with Crippen molar-refractivity contribution >= 4 is 44.5 Å². The summed E-state index contributed by atoms with van der Waals surface area (Å²) in [5.41, 5.74) is 11.1. The third-order valence-electron chi connectivity index (χ3n) is 8.38. The molecule has 228 valence electrons. The molecule has 7 rings (SSSR count). The van der Waals surface area contributed by atoms with Crippen LogP contribution in [0.1, 0.15) is 35.6 Å². The Balaban J connectivity index is 1.26. The number of ether oxygens (including phenoxy) is 1. The second-order valence-corrected chi connectivity index (χ2v) is 11.6. The van der Waals surface area contributed by atoms with Crippen LogP contribution in [0.4, 0.5) is 5.69 Å². The lowest BCUT2D eigenvalue weighted by Crippen LogP contribution is -1.98. The van der Waals surface area contributed by atoms with Gasteiger partial charge in [-0.1, -0.05) is 116 Å². The number of hydrogen-bond acceptors (Lipinski definition) is 3. The fourth-order valence-electron chi connectivity index (χ4n) is 6.01. The molecule has 6 aromatic rings. The number of aliphatic imine (C=N–C) groups is 1. The average molecular weight is 610 g/mol. The molecule has 0 N–H and O–H groups in total. The van der Waals surface area contributed by atoms with Gasteiger partial charge >= 0.3 is 0 Å². The van der Waals surface area contributed by atoms with Gasteiger partial charge in [0.25, 0.3) is 0 Å². The molecule has 0 bridgehead atoms. The summed E-state index contributed by atoms with van der Waals surface area (Å²) in [6.45, 7) is 6.29. The predicted molar refractivity (Wildman–Crippen MR) is 197 cm³/mol. The van der Waals surface area contributed by atoms with E-state index < -0.39 is 0 Å². The summed E-state index contributed by atoms with van der Waals surface area (Å²) in [7, 11) is 0. The van der Waals surface area contributed by atoms with Crippen molar-refractivity contribution in [2.45, 2.75) is 19.8 Å². The molecule has 1 aliphatic rings. The summed E-state index contributed by atoms with van der Waals surface area (Å²) >= 11 is 0. The highest BCUT2D eigenvalue weighted by molar-refractivity contribution is 6.15. The van der Waals surface area contributed by atoms with Gasteiger partial charge in [0.05, 0.1) is 17.7 Å². The van der Waals surface area contributed by atoms with Crippen molar-refractivity contribution < 1.29 is 9.15 Å². The summed E-state index contributed by atoms with van der Waals surface area (Å²) in [6, 6.07) is 41.2. The van der Waals surface area contributed by atoms with E-state index in [0.717, 1.165) is 85.3 Å². The van der Waals surface area contributed by atoms with Crippen LogP contribution in [0.2, 0.25) is 0 Å². The Morgan fingerprint density at radius 2 is 1.53 bits per heavy atom. The standard InChI is InChI=1S/C44H35NO2/c1-3-13-35(29-40(33-14-6-4-7-15-33)45-37-17-8-5-9-18-37)36-26-27-42-39(28-36)44-34(16-12-21-43(44)47-42)25-24-32-23-22-31(2)38-19-10-11-20-41(38)46-30-32/h3-23,26-30H,2,24-25H2,1H3/b13-3-,23-22-,32-30+,35-29+,45-40?. The van der Waals surface area contributed by atoms with Gasteiger partial charge in [0.2, 0.25) is 0 Å². The molecule has 3 nitrogen and oxygen atoms in total. The minimum Gasteiger partial charge on any atom is -0.464 e. The van der Waals surface area contributed by atoms with Gasteiger partial charge in [-0.15, -0.1) is 0 Å². The summed E-state index contributed by atoms with van der Waals surface area (Å²) in [5, 5.41) is 2.25. The fourth-order valence-corrected chi connectivity index (χ4v) is 6.01. The molecule has 1 aliphatic heterocycles. The predicted octanol–water partition coefficient (Wildman–Crippen LogP) is 11.8. The Kier molecular flexibility index (Phi) is 8.61. The molecule has 0 fully saturated rings. The maximum Gasteiger partial charge on any atom is 0.135 e. The Hall–Kier alpha value is -5.93. The molecule has 5 aromatic carbocycles. The SMILES string of the molecule is C=C1/C=C\C(CCc2cccc3oc4ccc(C(/C=C\C)=C/C(=Nc5ccccc5)c5ccccc5)cc4c23)=C/Oc2ccccc21. The Morgan fingerprint density at radius 1 is 0.745 bits per heavy atom. The lowest BCUT2D eigenvalue weighted by molar-refractivity contribution is 0.473. The first-order valence-corrected chi connectivity index (χ1v) is 16.0. The van der Waals surface area contributed by atoms with Gasteiger partial charge in [-0.25, -0.2) is 4.99 Å². The largest absolute Gasteiger partial charge is 0.464 e. The van der Waals surface area contributed by atoms with Crippen LogP contribution in [0, 0.1) is 0 Å². The van der Waals surface area contributed by atoms with Crippen LogP contribution >= 0.6 is 0 Å². The second kappa shape index (κ2) is 13.6. The van der Waals surface area contributed by atoms with E-state index in [9.17, 15) is 0 Å². The van der Waals surface area contributed by atoms with Crippen LogP contribution in [-0.2, 0) is 6.42 Å². The monoisotopic (exact) mass is 609 g/mol. The van der Waals surface area contributed by atoms with Crippen LogP contribution in [0.3, 0.4) is 0 Å². The summed E-state index contributed by atoms with van der Waals surface area (Å²) in [6.07, 6.45) is 14.1. The zero-order valence-electron chi connectivity index (χ0n) is 26.4. The Labute approximate surface area is 275 Å². The average Bonchev–Trinajstić information content (AvgIpc) is 3.49. The number of allylic oxidation sites excluding steroid dienone is 8. The highest BCUT2D eigenvalue weighted by Crippen LogP contribution is 2.35. The number of rotatable bonds is 8. The minimum atomic E-state index is 0.817. The number of para-hydroxylation sites is 2. The molecule has 0 aliphatic carbocycles. The molecule has 2 heterocycles. The van der Waals surface area contributed by atoms with Gasteiger partial charge in [0, 0.05) is 21.9 Å². The van der Waals surface area contributed by atoms with E-state index in [-0.39, 0.29) is 0 Å². The number of fused-ring (bicyclic) bond motifs is 4. The highest BCUT2D eigenvalue weighted by atomic mass is 16.5. The smallest absolute Gasteiger partial charge is 0.135 e. The van der Waals surface area contributed by atoms with Crippen molar-refractivity contribution in [3.63, 3.8) is 0 Å². The van der Waals surface area contributed by atoms with Gasteiger partial charge in [0.1, 0.15) is 16.9 Å². The lowest BCUT2D eigenvalue weighted by atomic mass is 9.96. The quantitative estimate of drug-likeness (QED) is 0.127. The highest BCUT2D eigenvalue weighted by Gasteiger charge is 2.14. The maximum absolute atomic E-state index is 6.37. The maximum atomic E-state index is 6.37. The van der Waals surface area contributed by atoms with E-state index in [1.165, 1.54) is 5.56 Å². The summed E-state index contributed by atoms with van der Waals surface area (Å²) in [5.74, 6) is 0.823. The number of nitrogens with zero attached hydrogens (tertiary/aromatic N) is 1. The van der Waals surface area contributed by atoms with Crippen molar-refractivity contribution in [3.05, 3.63) is 192 Å². The van der Waals surface area contributed by atoms with E-state index in [1.54, 1.807) is 0 Å².